The van der Waals surface area contributed by atoms with Gasteiger partial charge in [-0.25, -0.2) is 14.2 Å². The highest BCUT2D eigenvalue weighted by Gasteiger charge is 2.24. The Hall–Kier alpha value is -3.13. The Morgan fingerprint density at radius 3 is 2.72 bits per heavy atom. The van der Waals surface area contributed by atoms with Crippen LogP contribution in [0, 0.1) is 5.82 Å². The summed E-state index contributed by atoms with van der Waals surface area (Å²) < 4.78 is 13.2. The molecule has 0 spiro atoms. The molecule has 2 aromatic rings. The van der Waals surface area contributed by atoms with Crippen LogP contribution in [0.5, 0.6) is 5.75 Å². The molecule has 1 amide bonds. The second-order valence-electron chi connectivity index (χ2n) is 5.04. The summed E-state index contributed by atoms with van der Waals surface area (Å²) in [5, 5.41) is 21.4. The number of nitrogens with zero attached hydrogens (tertiary/aromatic N) is 1. The number of carboxylic acids is 1. The van der Waals surface area contributed by atoms with Gasteiger partial charge in [0.1, 0.15) is 17.1 Å². The van der Waals surface area contributed by atoms with Crippen molar-refractivity contribution in [1.29, 1.82) is 0 Å². The monoisotopic (exact) mass is 358 g/mol. The maximum Gasteiger partial charge on any atom is 0.339 e. The Morgan fingerprint density at radius 1 is 1.24 bits per heavy atom. The molecule has 1 aliphatic rings. The van der Waals surface area contributed by atoms with Gasteiger partial charge >= 0.3 is 5.97 Å². The van der Waals surface area contributed by atoms with E-state index in [1.54, 1.807) is 12.1 Å². The number of halogens is 1. The number of carboxylic acid groups (broad SMARTS) is 1. The molecule has 0 atom stereocenters. The third-order valence-corrected chi connectivity index (χ3v) is 4.15. The molecule has 3 N–H and O–H groups in total. The smallest absolute Gasteiger partial charge is 0.339 e. The van der Waals surface area contributed by atoms with E-state index in [4.69, 9.17) is 5.11 Å². The van der Waals surface area contributed by atoms with Crippen LogP contribution in [0.3, 0.4) is 0 Å². The zero-order chi connectivity index (χ0) is 18.0. The molecule has 25 heavy (non-hydrogen) atoms. The number of rotatable bonds is 3. The normalized spacial score (nSPS) is 17.1. The van der Waals surface area contributed by atoms with E-state index in [1.807, 2.05) is 0 Å². The van der Waals surface area contributed by atoms with Crippen LogP contribution in [0.25, 0.3) is 6.08 Å². The standard InChI is InChI=1S/C17H11FN2O4S/c18-10-3-1-2-9(6-10)7-14-15(22)20-17(25-14)19-11-4-5-12(16(23)24)13(21)8-11/h1-8,21H,(H,23,24)(H,19,20,22)/b14-7-. The highest BCUT2D eigenvalue weighted by Crippen LogP contribution is 2.30. The predicted molar refractivity (Wildman–Crippen MR) is 92.3 cm³/mol. The lowest BCUT2D eigenvalue weighted by atomic mass is 10.2. The molecule has 0 radical (unpaired) electrons. The summed E-state index contributed by atoms with van der Waals surface area (Å²) in [5.41, 5.74) is 0.596. The second-order valence-corrected chi connectivity index (χ2v) is 6.07. The molecule has 8 heteroatoms. The van der Waals surface area contributed by atoms with Crippen molar-refractivity contribution in [1.82, 2.24) is 5.32 Å². The van der Waals surface area contributed by atoms with Gasteiger partial charge in [-0.3, -0.25) is 4.79 Å². The first-order valence-corrected chi connectivity index (χ1v) is 7.85. The number of aliphatic imine (C=N–C) groups is 1. The van der Waals surface area contributed by atoms with Gasteiger partial charge in [0.15, 0.2) is 5.17 Å². The molecule has 1 aliphatic heterocycles. The van der Waals surface area contributed by atoms with Crippen LogP contribution in [0.15, 0.2) is 52.4 Å². The summed E-state index contributed by atoms with van der Waals surface area (Å²) in [6.07, 6.45) is 1.54. The van der Waals surface area contributed by atoms with Crippen molar-refractivity contribution in [2.75, 3.05) is 0 Å². The second kappa shape index (κ2) is 6.78. The van der Waals surface area contributed by atoms with E-state index in [0.29, 0.717) is 10.5 Å². The number of hydrogen-bond donors (Lipinski definition) is 3. The van der Waals surface area contributed by atoms with Crippen molar-refractivity contribution in [3.8, 4) is 5.75 Å². The molecule has 0 aromatic heterocycles. The minimum absolute atomic E-state index is 0.237. The molecular weight excluding hydrogens is 347 g/mol. The number of nitrogens with one attached hydrogen (secondary N) is 1. The van der Waals surface area contributed by atoms with Crippen molar-refractivity contribution in [3.05, 3.63) is 64.3 Å². The number of amidine groups is 1. The van der Waals surface area contributed by atoms with Gasteiger partial charge in [0.25, 0.3) is 5.91 Å². The zero-order valence-corrected chi connectivity index (χ0v) is 13.4. The molecule has 0 unspecified atom stereocenters. The van der Waals surface area contributed by atoms with Crippen LogP contribution in [0.4, 0.5) is 10.1 Å². The predicted octanol–water partition coefficient (Wildman–Crippen LogP) is 3.12. The third-order valence-electron chi connectivity index (χ3n) is 3.24. The van der Waals surface area contributed by atoms with Crippen molar-refractivity contribution in [3.63, 3.8) is 0 Å². The Morgan fingerprint density at radius 2 is 2.04 bits per heavy atom. The lowest BCUT2D eigenvalue weighted by molar-refractivity contribution is -0.115. The van der Waals surface area contributed by atoms with E-state index >= 15 is 0 Å². The number of phenols is 1. The van der Waals surface area contributed by atoms with Crippen molar-refractivity contribution < 1.29 is 24.2 Å². The van der Waals surface area contributed by atoms with Gasteiger partial charge < -0.3 is 15.5 Å². The molecule has 6 nitrogen and oxygen atoms in total. The Balaban J connectivity index is 1.83. The number of carbonyl (C=O) groups excluding carboxylic acids is 1. The van der Waals surface area contributed by atoms with Crippen LogP contribution < -0.4 is 5.32 Å². The van der Waals surface area contributed by atoms with E-state index in [9.17, 15) is 19.1 Å². The van der Waals surface area contributed by atoms with Gasteiger partial charge in [-0.15, -0.1) is 0 Å². The van der Waals surface area contributed by atoms with Gasteiger partial charge in [0.2, 0.25) is 0 Å². The Labute approximate surface area is 145 Å². The average molecular weight is 358 g/mol. The van der Waals surface area contributed by atoms with Gasteiger partial charge in [0.05, 0.1) is 10.6 Å². The average Bonchev–Trinajstić information content (AvgIpc) is 2.86. The van der Waals surface area contributed by atoms with Gasteiger partial charge in [-0.2, -0.15) is 0 Å². The zero-order valence-electron chi connectivity index (χ0n) is 12.6. The molecule has 1 heterocycles. The molecule has 1 fully saturated rings. The number of aromatic hydroxyl groups is 1. The van der Waals surface area contributed by atoms with E-state index in [1.165, 1.54) is 36.4 Å². The summed E-state index contributed by atoms with van der Waals surface area (Å²) in [6, 6.07) is 9.65. The minimum Gasteiger partial charge on any atom is -0.507 e. The van der Waals surface area contributed by atoms with Crippen LogP contribution in [0.2, 0.25) is 0 Å². The Kier molecular flexibility index (Phi) is 4.53. The summed E-state index contributed by atoms with van der Waals surface area (Å²) in [5.74, 6) is -2.44. The SMILES string of the molecule is O=C1NC(=Nc2ccc(C(=O)O)c(O)c2)S/C1=C\c1cccc(F)c1. The van der Waals surface area contributed by atoms with Crippen LogP contribution in [-0.4, -0.2) is 27.3 Å². The van der Waals surface area contributed by atoms with E-state index in [2.05, 4.69) is 10.3 Å². The summed E-state index contributed by atoms with van der Waals surface area (Å²) in [7, 11) is 0. The fourth-order valence-electron chi connectivity index (χ4n) is 2.12. The largest absolute Gasteiger partial charge is 0.507 e. The van der Waals surface area contributed by atoms with E-state index in [0.717, 1.165) is 11.8 Å². The fraction of sp³-hybridized carbons (Fsp3) is 0. The molecule has 126 valence electrons. The number of amides is 1. The molecule has 2 aromatic carbocycles. The maximum atomic E-state index is 13.2. The molecular formula is C17H11FN2O4S. The van der Waals surface area contributed by atoms with Gasteiger partial charge in [0, 0.05) is 6.07 Å². The lowest BCUT2D eigenvalue weighted by Gasteiger charge is -2.01. The first-order chi connectivity index (χ1) is 11.9. The number of aromatic carboxylic acids is 1. The molecule has 0 saturated carbocycles. The fourth-order valence-corrected chi connectivity index (χ4v) is 2.96. The van der Waals surface area contributed by atoms with E-state index < -0.39 is 17.5 Å². The molecule has 0 aliphatic carbocycles. The number of hydrogen-bond acceptors (Lipinski definition) is 5. The Bertz CT molecular complexity index is 940. The lowest BCUT2D eigenvalue weighted by Crippen LogP contribution is -2.19. The highest BCUT2D eigenvalue weighted by molar-refractivity contribution is 8.18. The van der Waals surface area contributed by atoms with E-state index in [-0.39, 0.29) is 22.3 Å². The molecule has 0 bridgehead atoms. The van der Waals surface area contributed by atoms with Gasteiger partial charge in [-0.1, -0.05) is 12.1 Å². The van der Waals surface area contributed by atoms with Crippen molar-refractivity contribution in [2.45, 2.75) is 0 Å². The number of benzene rings is 2. The third kappa shape index (κ3) is 3.86. The number of carbonyl (C=O) groups is 2. The first-order valence-electron chi connectivity index (χ1n) is 7.04. The number of thioether (sulfide) groups is 1. The van der Waals surface area contributed by atoms with Gasteiger partial charge in [-0.05, 0) is 47.7 Å². The molecule has 3 rings (SSSR count). The highest BCUT2D eigenvalue weighted by atomic mass is 32.2. The quantitative estimate of drug-likeness (QED) is 0.732. The van der Waals surface area contributed by atoms with Crippen molar-refractivity contribution in [2.24, 2.45) is 4.99 Å². The van der Waals surface area contributed by atoms with Crippen molar-refractivity contribution >= 4 is 40.6 Å². The minimum atomic E-state index is -1.25. The summed E-state index contributed by atoms with van der Waals surface area (Å²) in [4.78, 5) is 27.3. The first kappa shape index (κ1) is 16.7. The summed E-state index contributed by atoms with van der Waals surface area (Å²) in [6.45, 7) is 0. The topological polar surface area (TPSA) is 99.0 Å². The van der Waals surface area contributed by atoms with Crippen LogP contribution in [0.1, 0.15) is 15.9 Å². The van der Waals surface area contributed by atoms with Crippen LogP contribution in [-0.2, 0) is 4.79 Å². The maximum absolute atomic E-state index is 13.2. The van der Waals surface area contributed by atoms with Crippen LogP contribution >= 0.6 is 11.8 Å². The summed E-state index contributed by atoms with van der Waals surface area (Å²) >= 11 is 1.06. The molecule has 1 saturated heterocycles.